The Morgan fingerprint density at radius 3 is 2.80 bits per heavy atom. The lowest BCUT2D eigenvalue weighted by Gasteiger charge is -2.08. The summed E-state index contributed by atoms with van der Waals surface area (Å²) >= 11 is 0. The average Bonchev–Trinajstić information content (AvgIpc) is 2.50. The zero-order valence-corrected chi connectivity index (χ0v) is 5.72. The van der Waals surface area contributed by atoms with Gasteiger partial charge < -0.3 is 11.5 Å². The molecule has 0 radical (unpaired) electrons. The van der Waals surface area contributed by atoms with Crippen molar-refractivity contribution in [1.82, 2.24) is 11.5 Å². The maximum atomic E-state index is 3.34. The molecule has 0 saturated carbocycles. The Morgan fingerprint density at radius 2 is 2.30 bits per heavy atom. The molecule has 1 heterocycles. The Morgan fingerprint density at radius 1 is 1.40 bits per heavy atom. The van der Waals surface area contributed by atoms with Crippen LogP contribution in [0, 0.1) is 5.92 Å². The second-order valence-electron chi connectivity index (χ2n) is 2.78. The third-order valence-corrected chi connectivity index (χ3v) is 2.35. The summed E-state index contributed by atoms with van der Waals surface area (Å²) < 4.78 is 0. The van der Waals surface area contributed by atoms with Crippen LogP contribution in [0.3, 0.4) is 0 Å². The second kappa shape index (κ2) is 1.52. The molecule has 0 spiro atoms. The first kappa shape index (κ1) is 5.74. The van der Waals surface area contributed by atoms with Crippen molar-refractivity contribution in [3.8, 4) is 0 Å². The summed E-state index contributed by atoms with van der Waals surface area (Å²) in [6, 6.07) is 0. The highest BCUT2D eigenvalue weighted by atomic mass is 14.9. The van der Waals surface area contributed by atoms with Crippen molar-refractivity contribution in [2.24, 2.45) is 5.92 Å². The molecule has 1 aliphatic heterocycles. The fourth-order valence-electron chi connectivity index (χ4n) is 1.87. The van der Waals surface area contributed by atoms with E-state index in [2.05, 4.69) is 23.5 Å². The van der Waals surface area contributed by atoms with Gasteiger partial charge in [-0.1, -0.05) is 12.2 Å². The van der Waals surface area contributed by atoms with Gasteiger partial charge in [-0.25, -0.2) is 0 Å². The first-order chi connectivity index (χ1) is 4.45. The summed E-state index contributed by atoms with van der Waals surface area (Å²) in [5.74, 6) is 0.736. The highest BCUT2D eigenvalue weighted by Gasteiger charge is 2.33. The summed E-state index contributed by atoms with van der Waals surface area (Å²) in [6.45, 7) is 1.14. The van der Waals surface area contributed by atoms with Crippen LogP contribution in [0.5, 0.6) is 0 Å². The van der Waals surface area contributed by atoms with Crippen LogP contribution in [0.2, 0.25) is 0 Å². The number of rotatable bonds is 0. The molecule has 3 rings (SSSR count). The Hall–Kier alpha value is -1.02. The zero-order chi connectivity index (χ0) is 5.84. The molecule has 2 nitrogen and oxygen atoms in total. The molecule has 1 atom stereocenters. The molecule has 2 aliphatic carbocycles. The molecule has 0 aromatic heterocycles. The molecule has 0 fully saturated rings. The molecule has 0 amide bonds. The molecule has 1 unspecified atom stereocenters. The number of allylic oxidation sites excluding steroid dienone is 3. The van der Waals surface area contributed by atoms with Gasteiger partial charge >= 0.3 is 0 Å². The minimum absolute atomic E-state index is 0. The van der Waals surface area contributed by atoms with Crippen LogP contribution >= 0.6 is 0 Å². The fourth-order valence-corrected chi connectivity index (χ4v) is 1.87. The third kappa shape index (κ3) is 0.400. The maximum Gasteiger partial charge on any atom is 0.0382 e. The summed E-state index contributed by atoms with van der Waals surface area (Å²) in [4.78, 5) is 0. The van der Waals surface area contributed by atoms with Crippen molar-refractivity contribution in [1.29, 1.82) is 0 Å². The summed E-state index contributed by atoms with van der Waals surface area (Å²) in [5, 5.41) is 3.34. The first-order valence-electron chi connectivity index (χ1n) is 3.33. The first-order valence-corrected chi connectivity index (χ1v) is 3.33. The normalized spacial score (nSPS) is 30.4. The van der Waals surface area contributed by atoms with Crippen molar-refractivity contribution < 1.29 is 0 Å². The van der Waals surface area contributed by atoms with Gasteiger partial charge in [-0.2, -0.15) is 0 Å². The van der Waals surface area contributed by atoms with Gasteiger partial charge in [0.1, 0.15) is 0 Å². The molecule has 0 saturated heterocycles. The van der Waals surface area contributed by atoms with E-state index in [1.54, 1.807) is 0 Å². The van der Waals surface area contributed by atoms with E-state index in [0.29, 0.717) is 0 Å². The standard InChI is InChI=1S/C8H7N.H3N/c1-2-6-7-4-9-8(6)3-5(1)7;/h1-3,7,9H,4H2;1H3. The van der Waals surface area contributed by atoms with Gasteiger partial charge in [-0.15, -0.1) is 0 Å². The van der Waals surface area contributed by atoms with E-state index in [1.165, 1.54) is 16.8 Å². The van der Waals surface area contributed by atoms with Gasteiger partial charge in [0, 0.05) is 18.2 Å². The van der Waals surface area contributed by atoms with E-state index < -0.39 is 0 Å². The van der Waals surface area contributed by atoms with Gasteiger partial charge in [0.25, 0.3) is 0 Å². The van der Waals surface area contributed by atoms with Crippen LogP contribution in [-0.2, 0) is 0 Å². The van der Waals surface area contributed by atoms with Crippen molar-refractivity contribution in [3.63, 3.8) is 0 Å². The van der Waals surface area contributed by atoms with Crippen LogP contribution in [0.1, 0.15) is 0 Å². The summed E-state index contributed by atoms with van der Waals surface area (Å²) in [6.07, 6.45) is 6.71. The molecular formula is C8H10N2. The van der Waals surface area contributed by atoms with Crippen LogP contribution in [0.4, 0.5) is 0 Å². The molecule has 4 bridgehead atoms. The molecule has 4 N–H and O–H groups in total. The van der Waals surface area contributed by atoms with E-state index in [-0.39, 0.29) is 6.15 Å². The second-order valence-corrected chi connectivity index (χ2v) is 2.78. The van der Waals surface area contributed by atoms with Crippen molar-refractivity contribution in [2.45, 2.75) is 0 Å². The molecule has 0 aromatic rings. The van der Waals surface area contributed by atoms with E-state index >= 15 is 0 Å². The molecule has 3 aliphatic rings. The Balaban J connectivity index is 0.000000403. The lowest BCUT2D eigenvalue weighted by molar-refractivity contribution is 0.734. The highest BCUT2D eigenvalue weighted by molar-refractivity contribution is 5.60. The third-order valence-electron chi connectivity index (χ3n) is 2.35. The van der Waals surface area contributed by atoms with Crippen molar-refractivity contribution >= 4 is 0 Å². The zero-order valence-electron chi connectivity index (χ0n) is 5.72. The number of nitrogens with one attached hydrogen (secondary N) is 1. The average molecular weight is 134 g/mol. The van der Waals surface area contributed by atoms with E-state index in [0.717, 1.165) is 12.5 Å². The van der Waals surface area contributed by atoms with Crippen LogP contribution < -0.4 is 11.5 Å². The number of hydrogen-bond acceptors (Lipinski definition) is 2. The van der Waals surface area contributed by atoms with Crippen LogP contribution in [0.15, 0.2) is 35.1 Å². The SMILES string of the molecule is C1=CC2=C3C=C1C2CN3.N. The van der Waals surface area contributed by atoms with Crippen LogP contribution in [0.25, 0.3) is 0 Å². The smallest absolute Gasteiger partial charge is 0.0382 e. The highest BCUT2D eigenvalue weighted by Crippen LogP contribution is 2.41. The Bertz CT molecular complexity index is 271. The topological polar surface area (TPSA) is 47.0 Å². The fraction of sp³-hybridized carbons (Fsp3) is 0.250. The largest absolute Gasteiger partial charge is 0.384 e. The molecule has 2 heteroatoms. The molecule has 52 valence electrons. The van der Waals surface area contributed by atoms with Crippen LogP contribution in [-0.4, -0.2) is 6.54 Å². The maximum absolute atomic E-state index is 3.34. The molecular weight excluding hydrogens is 124 g/mol. The van der Waals surface area contributed by atoms with Gasteiger partial charge in [-0.3, -0.25) is 0 Å². The number of hydrogen-bond donors (Lipinski definition) is 2. The molecule has 0 aromatic carbocycles. The quantitative estimate of drug-likeness (QED) is 0.521. The van der Waals surface area contributed by atoms with E-state index in [9.17, 15) is 0 Å². The minimum atomic E-state index is 0. The van der Waals surface area contributed by atoms with Crippen molar-refractivity contribution in [2.75, 3.05) is 6.54 Å². The molecule has 10 heavy (non-hydrogen) atoms. The van der Waals surface area contributed by atoms with Gasteiger partial charge in [0.2, 0.25) is 0 Å². The lowest BCUT2D eigenvalue weighted by atomic mass is 10.0. The van der Waals surface area contributed by atoms with Gasteiger partial charge in [0.15, 0.2) is 0 Å². The van der Waals surface area contributed by atoms with E-state index in [1.807, 2.05) is 0 Å². The van der Waals surface area contributed by atoms with Crippen molar-refractivity contribution in [3.05, 3.63) is 35.1 Å². The Labute approximate surface area is 59.9 Å². The monoisotopic (exact) mass is 134 g/mol. The predicted octanol–water partition coefficient (Wildman–Crippen LogP) is 1.13. The Kier molecular flexibility index (Phi) is 0.874. The van der Waals surface area contributed by atoms with Gasteiger partial charge in [0.05, 0.1) is 0 Å². The summed E-state index contributed by atoms with van der Waals surface area (Å²) in [7, 11) is 0. The summed E-state index contributed by atoms with van der Waals surface area (Å²) in [5.41, 5.74) is 4.40. The van der Waals surface area contributed by atoms with E-state index in [4.69, 9.17) is 0 Å². The van der Waals surface area contributed by atoms with Gasteiger partial charge in [-0.05, 0) is 17.2 Å². The minimum Gasteiger partial charge on any atom is -0.384 e. The lowest BCUT2D eigenvalue weighted by Crippen LogP contribution is -2.16. The predicted molar refractivity (Wildman–Crippen MR) is 40.8 cm³/mol.